The van der Waals surface area contributed by atoms with Crippen LogP contribution < -0.4 is 14.8 Å². The molecule has 3 N–H and O–H groups in total. The maximum absolute atomic E-state index is 13.1. The minimum absolute atomic E-state index is 0.0679. The number of aliphatic hydroxyl groups excluding tert-OH is 2. The van der Waals surface area contributed by atoms with Gasteiger partial charge in [-0.1, -0.05) is 42.5 Å². The van der Waals surface area contributed by atoms with Crippen molar-refractivity contribution >= 4 is 5.91 Å². The molecule has 0 aliphatic carbocycles. The van der Waals surface area contributed by atoms with Crippen LogP contribution in [0.5, 0.6) is 11.5 Å². The van der Waals surface area contributed by atoms with Crippen molar-refractivity contribution < 1.29 is 28.9 Å². The molecule has 0 bridgehead atoms. The quantitative estimate of drug-likeness (QED) is 0.487. The molecular weight excluding hydrogens is 403 g/mol. The van der Waals surface area contributed by atoms with Gasteiger partial charge in [0, 0.05) is 12.6 Å². The molecule has 1 heterocycles. The topological polar surface area (TPSA) is 101 Å². The van der Waals surface area contributed by atoms with Gasteiger partial charge in [-0.05, 0) is 23.3 Å². The fraction of sp³-hybridized carbons (Fsp3) is 0.217. The van der Waals surface area contributed by atoms with E-state index in [1.165, 1.54) is 25.3 Å². The number of carbonyl (C=O) groups excluding carboxylic acids is 1. The van der Waals surface area contributed by atoms with Gasteiger partial charge in [0.25, 0.3) is 5.91 Å². The van der Waals surface area contributed by atoms with Crippen molar-refractivity contribution in [3.63, 3.8) is 0 Å². The van der Waals surface area contributed by atoms with Gasteiger partial charge in [-0.3, -0.25) is 4.79 Å². The molecule has 8 heteroatoms. The number of hydrogen-bond donors (Lipinski definition) is 3. The van der Waals surface area contributed by atoms with Crippen LogP contribution in [0.1, 0.15) is 33.4 Å². The second-order valence-corrected chi connectivity index (χ2v) is 6.71. The number of methoxy groups -OCH3 is 1. The molecule has 7 nitrogen and oxygen atoms in total. The van der Waals surface area contributed by atoms with E-state index in [0.29, 0.717) is 5.56 Å². The Labute approximate surface area is 179 Å². The van der Waals surface area contributed by atoms with Crippen molar-refractivity contribution in [1.82, 2.24) is 10.3 Å². The van der Waals surface area contributed by atoms with Gasteiger partial charge >= 0.3 is 0 Å². The molecule has 1 unspecified atom stereocenters. The Morgan fingerprint density at radius 2 is 1.84 bits per heavy atom. The molecule has 31 heavy (non-hydrogen) atoms. The molecule has 0 saturated heterocycles. The average molecular weight is 426 g/mol. The number of ether oxygens (including phenoxy) is 2. The first-order valence-electron chi connectivity index (χ1n) is 9.59. The van der Waals surface area contributed by atoms with Crippen LogP contribution in [0.25, 0.3) is 0 Å². The standard InChI is InChI=1S/C23H23FN2O5/c1-30-20-11-18(19(28)13-27)26-21(22(20)31-14-16-5-3-2-4-6-16)23(29)25-12-15-7-9-17(24)10-8-15/h2-11,19,27-28H,12-14H2,1H3,(H,25,29). The SMILES string of the molecule is COc1cc(C(O)CO)nc(C(=O)NCc2ccc(F)cc2)c1OCc1ccccc1. The van der Waals surface area contributed by atoms with Crippen LogP contribution >= 0.6 is 0 Å². The molecule has 1 amide bonds. The predicted octanol–water partition coefficient (Wildman–Crippen LogP) is 2.76. The van der Waals surface area contributed by atoms with E-state index >= 15 is 0 Å². The third-order valence-electron chi connectivity index (χ3n) is 4.50. The Bertz CT molecular complexity index is 1010. The first-order valence-corrected chi connectivity index (χ1v) is 9.59. The van der Waals surface area contributed by atoms with E-state index < -0.39 is 18.6 Å². The maximum atomic E-state index is 13.1. The molecule has 1 atom stereocenters. The minimum Gasteiger partial charge on any atom is -0.493 e. The second-order valence-electron chi connectivity index (χ2n) is 6.71. The van der Waals surface area contributed by atoms with E-state index in [1.54, 1.807) is 12.1 Å². The summed E-state index contributed by atoms with van der Waals surface area (Å²) in [6, 6.07) is 16.5. The lowest BCUT2D eigenvalue weighted by Gasteiger charge is -2.17. The van der Waals surface area contributed by atoms with E-state index in [0.717, 1.165) is 5.56 Å². The summed E-state index contributed by atoms with van der Waals surface area (Å²) in [5, 5.41) is 22.0. The number of pyridine rings is 1. The lowest BCUT2D eigenvalue weighted by molar-refractivity contribution is 0.0892. The summed E-state index contributed by atoms with van der Waals surface area (Å²) in [4.78, 5) is 17.1. The highest BCUT2D eigenvalue weighted by atomic mass is 19.1. The molecule has 0 aliphatic heterocycles. The molecule has 0 radical (unpaired) electrons. The van der Waals surface area contributed by atoms with E-state index in [4.69, 9.17) is 9.47 Å². The summed E-state index contributed by atoms with van der Waals surface area (Å²) in [5.41, 5.74) is 1.54. The summed E-state index contributed by atoms with van der Waals surface area (Å²) in [5.74, 6) is -0.640. The summed E-state index contributed by atoms with van der Waals surface area (Å²) >= 11 is 0. The van der Waals surface area contributed by atoms with E-state index in [9.17, 15) is 19.4 Å². The highest BCUT2D eigenvalue weighted by Crippen LogP contribution is 2.33. The molecule has 0 saturated carbocycles. The Hall–Kier alpha value is -3.49. The van der Waals surface area contributed by atoms with Gasteiger partial charge in [-0.25, -0.2) is 9.37 Å². The zero-order valence-electron chi connectivity index (χ0n) is 16.9. The fourth-order valence-corrected chi connectivity index (χ4v) is 2.84. The van der Waals surface area contributed by atoms with Crippen LogP contribution in [-0.2, 0) is 13.2 Å². The van der Waals surface area contributed by atoms with Gasteiger partial charge in [0.1, 0.15) is 18.5 Å². The van der Waals surface area contributed by atoms with Crippen molar-refractivity contribution in [1.29, 1.82) is 0 Å². The minimum atomic E-state index is -1.29. The molecule has 0 fully saturated rings. The highest BCUT2D eigenvalue weighted by molar-refractivity contribution is 5.95. The Balaban J connectivity index is 1.89. The zero-order valence-corrected chi connectivity index (χ0v) is 16.9. The number of nitrogens with one attached hydrogen (secondary N) is 1. The van der Waals surface area contributed by atoms with Crippen LogP contribution in [-0.4, -0.2) is 34.8 Å². The third kappa shape index (κ3) is 5.78. The third-order valence-corrected chi connectivity index (χ3v) is 4.50. The van der Waals surface area contributed by atoms with Gasteiger partial charge < -0.3 is 25.0 Å². The maximum Gasteiger partial charge on any atom is 0.274 e. The number of carbonyl (C=O) groups is 1. The number of rotatable bonds is 9. The predicted molar refractivity (Wildman–Crippen MR) is 111 cm³/mol. The zero-order chi connectivity index (χ0) is 22.2. The van der Waals surface area contributed by atoms with E-state index in [1.807, 2.05) is 30.3 Å². The molecule has 1 aromatic heterocycles. The highest BCUT2D eigenvalue weighted by Gasteiger charge is 2.23. The molecule has 0 aliphatic rings. The number of nitrogens with zero attached hydrogens (tertiary/aromatic N) is 1. The van der Waals surface area contributed by atoms with Gasteiger partial charge in [0.15, 0.2) is 17.2 Å². The number of benzene rings is 2. The fourth-order valence-electron chi connectivity index (χ4n) is 2.84. The molecule has 3 rings (SSSR count). The molecule has 0 spiro atoms. The number of amides is 1. The summed E-state index contributed by atoms with van der Waals surface area (Å²) in [7, 11) is 1.40. The van der Waals surface area contributed by atoms with Crippen LogP contribution in [0.15, 0.2) is 60.7 Å². The number of halogens is 1. The van der Waals surface area contributed by atoms with Crippen molar-refractivity contribution in [2.45, 2.75) is 19.3 Å². The van der Waals surface area contributed by atoms with Crippen molar-refractivity contribution in [2.24, 2.45) is 0 Å². The van der Waals surface area contributed by atoms with Crippen molar-refractivity contribution in [2.75, 3.05) is 13.7 Å². The molecule has 162 valence electrons. The Morgan fingerprint density at radius 3 is 2.48 bits per heavy atom. The van der Waals surface area contributed by atoms with Crippen LogP contribution in [0.2, 0.25) is 0 Å². The van der Waals surface area contributed by atoms with Crippen molar-refractivity contribution in [3.8, 4) is 11.5 Å². The monoisotopic (exact) mass is 426 g/mol. The summed E-state index contributed by atoms with van der Waals surface area (Å²) in [6.07, 6.45) is -1.29. The number of hydrogen-bond acceptors (Lipinski definition) is 6. The number of aliphatic hydroxyl groups is 2. The van der Waals surface area contributed by atoms with Crippen LogP contribution in [0.4, 0.5) is 4.39 Å². The number of aromatic nitrogens is 1. The summed E-state index contributed by atoms with van der Waals surface area (Å²) in [6.45, 7) is -0.274. The van der Waals surface area contributed by atoms with Gasteiger partial charge in [0.2, 0.25) is 0 Å². The van der Waals surface area contributed by atoms with E-state index in [-0.39, 0.29) is 41.9 Å². The average Bonchev–Trinajstić information content (AvgIpc) is 2.81. The van der Waals surface area contributed by atoms with Crippen LogP contribution in [0, 0.1) is 5.82 Å². The lowest BCUT2D eigenvalue weighted by Crippen LogP contribution is -2.25. The molecule has 3 aromatic rings. The second kappa shape index (κ2) is 10.5. The van der Waals surface area contributed by atoms with E-state index in [2.05, 4.69) is 10.3 Å². The first-order chi connectivity index (χ1) is 15.0. The van der Waals surface area contributed by atoms with Gasteiger partial charge in [0.05, 0.1) is 19.4 Å². The smallest absolute Gasteiger partial charge is 0.274 e. The van der Waals surface area contributed by atoms with Crippen molar-refractivity contribution in [3.05, 3.63) is 89.0 Å². The summed E-state index contributed by atoms with van der Waals surface area (Å²) < 4.78 is 24.3. The largest absolute Gasteiger partial charge is 0.493 e. The van der Waals surface area contributed by atoms with Crippen LogP contribution in [0.3, 0.4) is 0 Å². The normalized spacial score (nSPS) is 11.6. The van der Waals surface area contributed by atoms with Gasteiger partial charge in [-0.15, -0.1) is 0 Å². The lowest BCUT2D eigenvalue weighted by atomic mass is 10.1. The molecule has 2 aromatic carbocycles. The molecular formula is C23H23FN2O5. The van der Waals surface area contributed by atoms with Gasteiger partial charge in [-0.2, -0.15) is 0 Å². The Kier molecular flexibility index (Phi) is 7.53. The first kappa shape index (κ1) is 22.2. The Morgan fingerprint density at radius 1 is 1.13 bits per heavy atom.